The van der Waals surface area contributed by atoms with Crippen LogP contribution in [0, 0.1) is 0 Å². The van der Waals surface area contributed by atoms with Crippen molar-refractivity contribution in [2.75, 3.05) is 19.5 Å². The van der Waals surface area contributed by atoms with Crippen molar-refractivity contribution in [1.82, 2.24) is 0 Å². The van der Waals surface area contributed by atoms with Crippen molar-refractivity contribution in [1.29, 1.82) is 0 Å². The van der Waals surface area contributed by atoms with E-state index in [4.69, 9.17) is 14.2 Å². The van der Waals surface area contributed by atoms with Crippen LogP contribution in [0.15, 0.2) is 48.5 Å². The van der Waals surface area contributed by atoms with Crippen LogP contribution in [-0.2, 0) is 22.4 Å². The zero-order chi connectivity index (χ0) is 22.0. The van der Waals surface area contributed by atoms with Crippen LogP contribution in [0.4, 0.5) is 5.69 Å². The van der Waals surface area contributed by atoms with E-state index in [-0.39, 0.29) is 0 Å². The predicted octanol–water partition coefficient (Wildman–Crippen LogP) is 4.71. The maximum absolute atomic E-state index is 12.7. The molecule has 1 aliphatic carbocycles. The summed E-state index contributed by atoms with van der Waals surface area (Å²) >= 11 is 1.41. The van der Waals surface area contributed by atoms with Gasteiger partial charge in [0, 0.05) is 10.9 Å². The fourth-order valence-electron chi connectivity index (χ4n) is 3.59. The van der Waals surface area contributed by atoms with Crippen molar-refractivity contribution in [2.24, 2.45) is 0 Å². The Morgan fingerprint density at radius 3 is 2.55 bits per heavy atom. The first-order valence-electron chi connectivity index (χ1n) is 9.95. The van der Waals surface area contributed by atoms with Crippen LogP contribution >= 0.6 is 11.3 Å². The fourth-order valence-corrected chi connectivity index (χ4v) is 4.74. The normalized spacial score (nSPS) is 12.9. The maximum Gasteiger partial charge on any atom is 0.349 e. The topological polar surface area (TPSA) is 73.9 Å². The van der Waals surface area contributed by atoms with Crippen molar-refractivity contribution in [2.45, 2.75) is 25.9 Å². The monoisotopic (exact) mass is 437 g/mol. The summed E-state index contributed by atoms with van der Waals surface area (Å²) in [7, 11) is 3.05. The van der Waals surface area contributed by atoms with Gasteiger partial charge >= 0.3 is 5.97 Å². The molecule has 31 heavy (non-hydrogen) atoms. The van der Waals surface area contributed by atoms with Gasteiger partial charge in [-0.25, -0.2) is 4.79 Å². The summed E-state index contributed by atoms with van der Waals surface area (Å²) < 4.78 is 15.9. The van der Waals surface area contributed by atoms with E-state index in [1.54, 1.807) is 25.1 Å². The first-order chi connectivity index (χ1) is 15.0. The second-order valence-corrected chi connectivity index (χ2v) is 8.28. The fraction of sp³-hybridized carbons (Fsp3) is 0.250. The van der Waals surface area contributed by atoms with E-state index in [9.17, 15) is 9.59 Å². The van der Waals surface area contributed by atoms with Gasteiger partial charge in [0.1, 0.15) is 16.4 Å². The number of hydrogen-bond donors (Lipinski definition) is 1. The largest absolute Gasteiger partial charge is 0.497 e. The summed E-state index contributed by atoms with van der Waals surface area (Å²) in [6.07, 6.45) is 0.868. The average molecular weight is 438 g/mol. The van der Waals surface area contributed by atoms with E-state index >= 15 is 0 Å². The number of fused-ring (bicyclic) bond motifs is 3. The van der Waals surface area contributed by atoms with Crippen molar-refractivity contribution in [3.63, 3.8) is 0 Å². The zero-order valence-electron chi connectivity index (χ0n) is 17.6. The van der Waals surface area contributed by atoms with Gasteiger partial charge in [-0.3, -0.25) is 4.79 Å². The molecule has 1 aliphatic rings. The number of hydrogen-bond acceptors (Lipinski definition) is 6. The molecular formula is C24H23NO5S. The summed E-state index contributed by atoms with van der Waals surface area (Å²) in [5.41, 5.74) is 4.05. The van der Waals surface area contributed by atoms with Gasteiger partial charge in [-0.1, -0.05) is 24.3 Å². The minimum Gasteiger partial charge on any atom is -0.497 e. The quantitative estimate of drug-likeness (QED) is 0.565. The second kappa shape index (κ2) is 8.81. The van der Waals surface area contributed by atoms with E-state index in [2.05, 4.69) is 17.4 Å². The van der Waals surface area contributed by atoms with Gasteiger partial charge in [0.25, 0.3) is 5.91 Å². The number of carbonyl (C=O) groups is 2. The highest BCUT2D eigenvalue weighted by atomic mass is 32.1. The third kappa shape index (κ3) is 4.27. The Kier molecular flexibility index (Phi) is 5.95. The molecule has 1 amide bonds. The van der Waals surface area contributed by atoms with Gasteiger partial charge in [0.05, 0.1) is 19.9 Å². The number of rotatable bonds is 6. The van der Waals surface area contributed by atoms with Crippen LogP contribution in [0.3, 0.4) is 0 Å². The zero-order valence-corrected chi connectivity index (χ0v) is 18.4. The molecule has 1 N–H and O–H groups in total. The molecule has 4 rings (SSSR count). The molecule has 7 heteroatoms. The van der Waals surface area contributed by atoms with Gasteiger partial charge < -0.3 is 19.5 Å². The Morgan fingerprint density at radius 2 is 1.77 bits per heavy atom. The van der Waals surface area contributed by atoms with Crippen LogP contribution in [0.25, 0.3) is 10.4 Å². The van der Waals surface area contributed by atoms with Crippen LogP contribution in [0.1, 0.15) is 27.7 Å². The molecule has 0 spiro atoms. The number of benzene rings is 2. The number of thiophene rings is 1. The predicted molar refractivity (Wildman–Crippen MR) is 120 cm³/mol. The van der Waals surface area contributed by atoms with Crippen LogP contribution < -0.4 is 14.8 Å². The smallest absolute Gasteiger partial charge is 0.349 e. The molecule has 0 saturated carbocycles. The highest BCUT2D eigenvalue weighted by Crippen LogP contribution is 2.39. The highest BCUT2D eigenvalue weighted by Gasteiger charge is 2.25. The maximum atomic E-state index is 12.7. The van der Waals surface area contributed by atoms with Crippen molar-refractivity contribution < 1.29 is 23.8 Å². The number of carbonyl (C=O) groups excluding carboxylic acids is 2. The first-order valence-corrected chi connectivity index (χ1v) is 10.8. The van der Waals surface area contributed by atoms with E-state index in [0.717, 1.165) is 23.3 Å². The summed E-state index contributed by atoms with van der Waals surface area (Å²) in [4.78, 5) is 27.0. The molecule has 0 saturated heterocycles. The van der Waals surface area contributed by atoms with Gasteiger partial charge in [0.15, 0.2) is 6.10 Å². The van der Waals surface area contributed by atoms with E-state index in [1.165, 1.54) is 36.7 Å². The van der Waals surface area contributed by atoms with Gasteiger partial charge in [-0.15, -0.1) is 11.3 Å². The van der Waals surface area contributed by atoms with Gasteiger partial charge in [0.2, 0.25) is 0 Å². The second-order valence-electron chi connectivity index (χ2n) is 7.23. The van der Waals surface area contributed by atoms with Crippen molar-refractivity contribution in [3.05, 3.63) is 64.5 Å². The molecule has 0 fully saturated rings. The summed E-state index contributed by atoms with van der Waals surface area (Å²) in [5.74, 6) is 0.103. The van der Waals surface area contributed by atoms with Crippen LogP contribution in [0.5, 0.6) is 11.5 Å². The Morgan fingerprint density at radius 1 is 1.00 bits per heavy atom. The number of amides is 1. The van der Waals surface area contributed by atoms with Crippen molar-refractivity contribution in [3.8, 4) is 21.9 Å². The number of nitrogens with one attached hydrogen (secondary N) is 1. The molecule has 0 aliphatic heterocycles. The van der Waals surface area contributed by atoms with E-state index in [1.807, 2.05) is 18.2 Å². The third-order valence-electron chi connectivity index (χ3n) is 5.25. The third-order valence-corrected chi connectivity index (χ3v) is 6.44. The molecule has 3 aromatic rings. The number of esters is 1. The van der Waals surface area contributed by atoms with E-state index in [0.29, 0.717) is 22.1 Å². The molecule has 1 unspecified atom stereocenters. The number of methoxy groups -OCH3 is 2. The number of anilines is 1. The minimum atomic E-state index is -0.977. The minimum absolute atomic E-state index is 0.443. The SMILES string of the molecule is COc1ccc(OC)c(NC(=O)C(C)OC(=O)c2cc3c(s2)-c2ccccc2CC3)c1. The van der Waals surface area contributed by atoms with Crippen LogP contribution in [-0.4, -0.2) is 32.2 Å². The molecular weight excluding hydrogens is 414 g/mol. The van der Waals surface area contributed by atoms with Gasteiger partial charge in [-0.2, -0.15) is 0 Å². The lowest BCUT2D eigenvalue weighted by molar-refractivity contribution is -0.123. The lowest BCUT2D eigenvalue weighted by Gasteiger charge is -2.15. The summed E-state index contributed by atoms with van der Waals surface area (Å²) in [6, 6.07) is 15.2. The molecule has 1 aromatic heterocycles. The van der Waals surface area contributed by atoms with Crippen molar-refractivity contribution >= 4 is 28.9 Å². The highest BCUT2D eigenvalue weighted by molar-refractivity contribution is 7.17. The number of aryl methyl sites for hydroxylation is 2. The Labute approximate surface area is 184 Å². The Balaban J connectivity index is 1.46. The molecule has 160 valence electrons. The van der Waals surface area contributed by atoms with Gasteiger partial charge in [-0.05, 0) is 54.7 Å². The average Bonchev–Trinajstić information content (AvgIpc) is 3.24. The van der Waals surface area contributed by atoms with E-state index < -0.39 is 18.0 Å². The Bertz CT molecular complexity index is 1140. The summed E-state index contributed by atoms with van der Waals surface area (Å²) in [5, 5.41) is 2.74. The number of ether oxygens (including phenoxy) is 3. The van der Waals surface area contributed by atoms with Crippen LogP contribution in [0.2, 0.25) is 0 Å². The molecule has 0 radical (unpaired) electrons. The lowest BCUT2D eigenvalue weighted by atomic mass is 9.91. The molecule has 1 heterocycles. The molecule has 0 bridgehead atoms. The molecule has 6 nitrogen and oxygen atoms in total. The summed E-state index contributed by atoms with van der Waals surface area (Å²) in [6.45, 7) is 1.54. The molecule has 1 atom stereocenters. The molecule has 2 aromatic carbocycles. The lowest BCUT2D eigenvalue weighted by Crippen LogP contribution is -2.30. The first kappa shape index (κ1) is 20.9. The Hall–Kier alpha value is -3.32. The standard InChI is InChI=1S/C24H23NO5S/c1-14(23(26)25-19-13-17(28-2)10-11-20(19)29-3)30-24(27)21-12-16-9-8-15-6-4-5-7-18(15)22(16)31-21/h4-7,10-14H,8-9H2,1-3H3,(H,25,26).